The summed E-state index contributed by atoms with van der Waals surface area (Å²) in [6.07, 6.45) is 72.0. The predicted molar refractivity (Wildman–Crippen MR) is 321 cm³/mol. The van der Waals surface area contributed by atoms with E-state index in [0.29, 0.717) is 17.4 Å². The number of esters is 2. The molecule has 440 valence electrons. The third kappa shape index (κ3) is 61.1. The quantitative estimate of drug-likeness (QED) is 0.0211. The van der Waals surface area contributed by atoms with Gasteiger partial charge in [-0.3, -0.25) is 18.6 Å². The minimum absolute atomic E-state index is 0.0320. The Kier molecular flexibility index (Phi) is 55.1. The van der Waals surface area contributed by atoms with Crippen LogP contribution >= 0.6 is 7.82 Å². The van der Waals surface area contributed by atoms with Crippen molar-refractivity contribution in [3.05, 3.63) is 48.6 Å². The van der Waals surface area contributed by atoms with Gasteiger partial charge in [-0.2, -0.15) is 0 Å². The fourth-order valence-electron chi connectivity index (χ4n) is 9.14. The second-order valence-electron chi connectivity index (χ2n) is 22.8. The largest absolute Gasteiger partial charge is 0.472 e. The molecule has 0 bridgehead atoms. The van der Waals surface area contributed by atoms with Gasteiger partial charge in [0.1, 0.15) is 19.8 Å². The van der Waals surface area contributed by atoms with Gasteiger partial charge in [-0.25, -0.2) is 4.57 Å². The number of unbranched alkanes of at least 4 members (excludes halogenated alkanes) is 37. The molecule has 0 spiro atoms. The maximum atomic E-state index is 12.8. The average Bonchev–Trinajstić information content (AvgIpc) is 3.37. The number of carbonyl (C=O) groups excluding carboxylic acids is 2. The molecule has 0 aromatic carbocycles. The molecular formula is C65H123NO8P+. The highest BCUT2D eigenvalue weighted by Gasteiger charge is 2.27. The molecule has 0 fully saturated rings. The molecule has 1 N–H and O–H groups in total. The minimum atomic E-state index is -4.39. The Morgan fingerprint density at radius 1 is 0.413 bits per heavy atom. The van der Waals surface area contributed by atoms with Crippen LogP contribution in [0.4, 0.5) is 0 Å². The highest BCUT2D eigenvalue weighted by molar-refractivity contribution is 7.47. The minimum Gasteiger partial charge on any atom is -0.462 e. The van der Waals surface area contributed by atoms with Crippen LogP contribution in [0.25, 0.3) is 0 Å². The van der Waals surface area contributed by atoms with Crippen LogP contribution < -0.4 is 0 Å². The van der Waals surface area contributed by atoms with Gasteiger partial charge in [0.05, 0.1) is 27.7 Å². The van der Waals surface area contributed by atoms with Crippen molar-refractivity contribution in [3.8, 4) is 0 Å². The van der Waals surface area contributed by atoms with Gasteiger partial charge < -0.3 is 18.9 Å². The summed E-state index contributed by atoms with van der Waals surface area (Å²) in [6.45, 7) is 4.45. The molecule has 0 aromatic rings. The van der Waals surface area contributed by atoms with Gasteiger partial charge in [0, 0.05) is 12.8 Å². The second-order valence-corrected chi connectivity index (χ2v) is 24.2. The maximum absolute atomic E-state index is 12.8. The molecule has 75 heavy (non-hydrogen) atoms. The van der Waals surface area contributed by atoms with E-state index in [-0.39, 0.29) is 32.0 Å². The van der Waals surface area contributed by atoms with E-state index in [0.717, 1.165) is 44.9 Å². The molecule has 2 unspecified atom stereocenters. The fourth-order valence-corrected chi connectivity index (χ4v) is 9.88. The molecule has 0 radical (unpaired) electrons. The van der Waals surface area contributed by atoms with Crippen molar-refractivity contribution >= 4 is 19.8 Å². The molecule has 2 atom stereocenters. The van der Waals surface area contributed by atoms with Gasteiger partial charge in [-0.15, -0.1) is 0 Å². The van der Waals surface area contributed by atoms with E-state index in [1.807, 2.05) is 21.1 Å². The fraction of sp³-hybridized carbons (Fsp3) is 0.846. The van der Waals surface area contributed by atoms with Gasteiger partial charge in [0.15, 0.2) is 6.10 Å². The van der Waals surface area contributed by atoms with Gasteiger partial charge in [-0.05, 0) is 77.0 Å². The Labute approximate surface area is 464 Å². The van der Waals surface area contributed by atoms with Crippen LogP contribution in [0.3, 0.4) is 0 Å². The Morgan fingerprint density at radius 2 is 0.720 bits per heavy atom. The van der Waals surface area contributed by atoms with Crippen LogP contribution in [0.2, 0.25) is 0 Å². The van der Waals surface area contributed by atoms with E-state index in [9.17, 15) is 19.0 Å². The number of hydrogen-bond acceptors (Lipinski definition) is 7. The van der Waals surface area contributed by atoms with Crippen molar-refractivity contribution in [2.75, 3.05) is 47.5 Å². The zero-order valence-corrected chi connectivity index (χ0v) is 50.9. The number of carbonyl (C=O) groups is 2. The van der Waals surface area contributed by atoms with Crippen LogP contribution in [0.5, 0.6) is 0 Å². The van der Waals surface area contributed by atoms with E-state index >= 15 is 0 Å². The third-order valence-corrected chi connectivity index (χ3v) is 15.1. The van der Waals surface area contributed by atoms with Crippen LogP contribution in [0, 0.1) is 0 Å². The summed E-state index contributed by atoms with van der Waals surface area (Å²) >= 11 is 0. The molecule has 0 rings (SSSR count). The van der Waals surface area contributed by atoms with Crippen molar-refractivity contribution in [2.45, 2.75) is 309 Å². The predicted octanol–water partition coefficient (Wildman–Crippen LogP) is 20.1. The molecule has 0 aliphatic carbocycles. The normalized spacial score (nSPS) is 13.5. The molecule has 0 aromatic heterocycles. The Bertz CT molecular complexity index is 1410. The molecule has 10 heteroatoms. The van der Waals surface area contributed by atoms with Crippen molar-refractivity contribution in [2.24, 2.45) is 0 Å². The van der Waals surface area contributed by atoms with E-state index in [4.69, 9.17) is 18.5 Å². The number of quaternary nitrogens is 1. The summed E-state index contributed by atoms with van der Waals surface area (Å²) in [4.78, 5) is 35.7. The first-order valence-corrected chi connectivity index (χ1v) is 33.4. The third-order valence-electron chi connectivity index (χ3n) is 14.1. The zero-order chi connectivity index (χ0) is 54.9. The summed E-state index contributed by atoms with van der Waals surface area (Å²) in [5, 5.41) is 0. The number of ether oxygens (including phenoxy) is 2. The van der Waals surface area contributed by atoms with Crippen LogP contribution in [-0.2, 0) is 32.7 Å². The van der Waals surface area contributed by atoms with Crippen molar-refractivity contribution < 1.29 is 42.1 Å². The lowest BCUT2D eigenvalue weighted by atomic mass is 10.0. The lowest BCUT2D eigenvalue weighted by Crippen LogP contribution is -2.37. The first-order valence-electron chi connectivity index (χ1n) is 31.9. The van der Waals surface area contributed by atoms with Crippen LogP contribution in [-0.4, -0.2) is 74.9 Å². The first kappa shape index (κ1) is 73.0. The number of phosphoric acid groups is 1. The van der Waals surface area contributed by atoms with Crippen molar-refractivity contribution in [1.82, 2.24) is 0 Å². The first-order chi connectivity index (χ1) is 36.5. The molecular weight excluding hydrogens is 954 g/mol. The number of allylic oxidation sites excluding steroid dienone is 8. The van der Waals surface area contributed by atoms with Crippen LogP contribution in [0.1, 0.15) is 303 Å². The second kappa shape index (κ2) is 56.7. The summed E-state index contributed by atoms with van der Waals surface area (Å²) in [7, 11) is 1.49. The molecule has 9 nitrogen and oxygen atoms in total. The molecule has 0 saturated heterocycles. The molecule has 0 aliphatic rings. The van der Waals surface area contributed by atoms with Gasteiger partial charge in [0.25, 0.3) is 0 Å². The van der Waals surface area contributed by atoms with Gasteiger partial charge in [0.2, 0.25) is 0 Å². The molecule has 0 heterocycles. The number of hydrogen-bond donors (Lipinski definition) is 1. The Hall–Kier alpha value is -2.03. The topological polar surface area (TPSA) is 108 Å². The van der Waals surface area contributed by atoms with E-state index in [1.165, 1.54) is 225 Å². The summed E-state index contributed by atoms with van der Waals surface area (Å²) in [5.74, 6) is -0.790. The van der Waals surface area contributed by atoms with Crippen molar-refractivity contribution in [3.63, 3.8) is 0 Å². The standard InChI is InChI=1S/C65H122NO8P/c1-6-8-10-12-14-16-18-20-22-24-26-27-28-29-30-31-32-33-34-35-36-37-38-39-40-42-44-46-48-50-52-54-56-58-65(68)74-63(62-73-75(69,70)72-60-59-66(3,4)5)61-71-64(67)57-55-53-51-49-47-45-43-41-25-23-21-19-17-15-13-11-9-7-2/h18,20,23-26,28-29,63H,6-17,19,21-22,27,30-62H2,1-5H3/p+1/b20-18-,25-23-,26-24-,29-28-. The summed E-state index contributed by atoms with van der Waals surface area (Å²) in [6, 6.07) is 0. The number of nitrogens with zero attached hydrogens (tertiary/aromatic N) is 1. The summed E-state index contributed by atoms with van der Waals surface area (Å²) in [5.41, 5.74) is 0. The number of phosphoric ester groups is 1. The summed E-state index contributed by atoms with van der Waals surface area (Å²) < 4.78 is 34.6. The lowest BCUT2D eigenvalue weighted by Gasteiger charge is -2.24. The number of rotatable bonds is 59. The smallest absolute Gasteiger partial charge is 0.462 e. The zero-order valence-electron chi connectivity index (χ0n) is 50.0. The number of likely N-dealkylation sites (N-methyl/N-ethyl adjacent to an activating group) is 1. The van der Waals surface area contributed by atoms with Crippen LogP contribution in [0.15, 0.2) is 48.6 Å². The molecule has 0 aliphatic heterocycles. The SMILES string of the molecule is CCCCCCC/C=C\C/C=C\C/C=C\CCCCCCCCCCCCCCCCCCCCC(=O)OC(COC(=O)CCCCCCCCC/C=C\CCCCCCCCC)COP(=O)(O)OCC[N+](C)(C)C. The Morgan fingerprint density at radius 3 is 1.08 bits per heavy atom. The molecule has 0 amide bonds. The maximum Gasteiger partial charge on any atom is 0.472 e. The van der Waals surface area contributed by atoms with Gasteiger partial charge >= 0.3 is 19.8 Å². The highest BCUT2D eigenvalue weighted by Crippen LogP contribution is 2.43. The van der Waals surface area contributed by atoms with Crippen molar-refractivity contribution in [1.29, 1.82) is 0 Å². The lowest BCUT2D eigenvalue weighted by molar-refractivity contribution is -0.870. The van der Waals surface area contributed by atoms with E-state index in [2.05, 4.69) is 62.5 Å². The highest BCUT2D eigenvalue weighted by atomic mass is 31.2. The average molecular weight is 1080 g/mol. The molecule has 0 saturated carbocycles. The Balaban J connectivity index is 4.03. The van der Waals surface area contributed by atoms with E-state index < -0.39 is 26.5 Å². The monoisotopic (exact) mass is 1080 g/mol. The van der Waals surface area contributed by atoms with Gasteiger partial charge in [-0.1, -0.05) is 262 Å². The van der Waals surface area contributed by atoms with E-state index in [1.54, 1.807) is 0 Å².